The van der Waals surface area contributed by atoms with Crippen molar-refractivity contribution in [3.05, 3.63) is 72.1 Å². The lowest BCUT2D eigenvalue weighted by Gasteiger charge is -2.34. The fourth-order valence-corrected chi connectivity index (χ4v) is 2.55. The second kappa shape index (κ2) is 5.81. The lowest BCUT2D eigenvalue weighted by Crippen LogP contribution is -2.37. The number of methoxy groups -OCH3 is 1. The van der Waals surface area contributed by atoms with E-state index in [4.69, 9.17) is 16.2 Å². The van der Waals surface area contributed by atoms with Crippen LogP contribution in [0, 0.1) is 0 Å². The number of nitrogens with two attached hydrogens (primary N) is 2. The molecule has 1 aliphatic rings. The fraction of sp³-hybridized carbons (Fsp3) is 0.118. The van der Waals surface area contributed by atoms with Crippen molar-refractivity contribution in [2.45, 2.75) is 6.17 Å². The van der Waals surface area contributed by atoms with Crippen molar-refractivity contribution in [3.8, 4) is 5.75 Å². The number of amidine groups is 1. The molecule has 4 N–H and O–H groups in total. The number of nitrogens with zero attached hydrogens (tertiary/aromatic N) is 2. The Labute approximate surface area is 129 Å². The number of hydrogen-bond donors (Lipinski definition) is 2. The summed E-state index contributed by atoms with van der Waals surface area (Å²) in [5, 5.41) is 0. The van der Waals surface area contributed by atoms with Gasteiger partial charge < -0.3 is 16.2 Å². The first-order chi connectivity index (χ1) is 10.7. The van der Waals surface area contributed by atoms with Crippen LogP contribution in [0.1, 0.15) is 11.7 Å². The van der Waals surface area contributed by atoms with Gasteiger partial charge >= 0.3 is 0 Å². The maximum atomic E-state index is 6.22. The molecule has 0 saturated heterocycles. The summed E-state index contributed by atoms with van der Waals surface area (Å²) in [6.07, 6.45) is 1.34. The van der Waals surface area contributed by atoms with Gasteiger partial charge in [0, 0.05) is 6.08 Å². The van der Waals surface area contributed by atoms with E-state index in [9.17, 15) is 0 Å². The van der Waals surface area contributed by atoms with Crippen LogP contribution in [0.25, 0.3) is 0 Å². The Morgan fingerprint density at radius 1 is 1.00 bits per heavy atom. The highest BCUT2D eigenvalue weighted by Gasteiger charge is 2.27. The van der Waals surface area contributed by atoms with Crippen LogP contribution in [0.4, 0.5) is 5.69 Å². The molecule has 2 aromatic rings. The lowest BCUT2D eigenvalue weighted by atomic mass is 10.1. The van der Waals surface area contributed by atoms with E-state index in [1.807, 2.05) is 59.5 Å². The van der Waals surface area contributed by atoms with Gasteiger partial charge in [-0.2, -0.15) is 0 Å². The molecule has 0 fully saturated rings. The molecule has 0 aliphatic carbocycles. The first-order valence-electron chi connectivity index (χ1n) is 6.98. The molecule has 0 unspecified atom stereocenters. The molecule has 1 aliphatic heterocycles. The Balaban J connectivity index is 2.12. The SMILES string of the molecule is COc1ccccc1N1C(N)=CC(N)=N[C@@H]1c1ccccc1. The monoisotopic (exact) mass is 294 g/mol. The van der Waals surface area contributed by atoms with Gasteiger partial charge in [-0.25, -0.2) is 4.99 Å². The van der Waals surface area contributed by atoms with Crippen LogP contribution in [0.2, 0.25) is 0 Å². The third-order valence-electron chi connectivity index (χ3n) is 3.53. The first-order valence-corrected chi connectivity index (χ1v) is 6.98. The zero-order chi connectivity index (χ0) is 15.5. The van der Waals surface area contributed by atoms with Crippen molar-refractivity contribution in [1.29, 1.82) is 0 Å². The average molecular weight is 294 g/mol. The van der Waals surface area contributed by atoms with Crippen molar-refractivity contribution >= 4 is 11.5 Å². The van der Waals surface area contributed by atoms with Gasteiger partial charge in [-0.15, -0.1) is 0 Å². The Bertz CT molecular complexity index is 724. The van der Waals surface area contributed by atoms with Crippen molar-refractivity contribution in [1.82, 2.24) is 0 Å². The predicted octanol–water partition coefficient (Wildman–Crippen LogP) is 2.37. The zero-order valence-corrected chi connectivity index (χ0v) is 12.3. The quantitative estimate of drug-likeness (QED) is 0.911. The topological polar surface area (TPSA) is 76.9 Å². The molecule has 22 heavy (non-hydrogen) atoms. The number of aliphatic imine (C=N–C) groups is 1. The van der Waals surface area contributed by atoms with Gasteiger partial charge in [0.15, 0.2) is 6.17 Å². The van der Waals surface area contributed by atoms with E-state index in [0.29, 0.717) is 11.7 Å². The van der Waals surface area contributed by atoms with E-state index in [1.165, 1.54) is 0 Å². The van der Waals surface area contributed by atoms with Crippen LogP contribution < -0.4 is 21.1 Å². The van der Waals surface area contributed by atoms with E-state index < -0.39 is 0 Å². The number of anilines is 1. The lowest BCUT2D eigenvalue weighted by molar-refractivity contribution is 0.413. The second-order valence-electron chi connectivity index (χ2n) is 4.95. The first kappa shape index (κ1) is 14.0. The number of benzene rings is 2. The summed E-state index contributed by atoms with van der Waals surface area (Å²) in [4.78, 5) is 6.47. The third kappa shape index (κ3) is 2.48. The van der Waals surface area contributed by atoms with Gasteiger partial charge in [0.2, 0.25) is 0 Å². The number of para-hydroxylation sites is 2. The van der Waals surface area contributed by atoms with Crippen LogP contribution >= 0.6 is 0 Å². The van der Waals surface area contributed by atoms with Crippen molar-refractivity contribution in [3.63, 3.8) is 0 Å². The molecule has 1 heterocycles. The highest BCUT2D eigenvalue weighted by Crippen LogP contribution is 2.38. The molecule has 2 aromatic carbocycles. The van der Waals surface area contributed by atoms with Gasteiger partial charge in [-0.3, -0.25) is 4.90 Å². The minimum atomic E-state index is -0.317. The molecule has 0 spiro atoms. The fourth-order valence-electron chi connectivity index (χ4n) is 2.55. The van der Waals surface area contributed by atoms with Crippen LogP contribution in [0.5, 0.6) is 5.75 Å². The summed E-state index contributed by atoms with van der Waals surface area (Å²) in [6, 6.07) is 17.6. The van der Waals surface area contributed by atoms with E-state index in [0.717, 1.165) is 17.0 Å². The molecule has 5 nitrogen and oxygen atoms in total. The maximum absolute atomic E-state index is 6.22. The van der Waals surface area contributed by atoms with Crippen molar-refractivity contribution in [2.75, 3.05) is 12.0 Å². The average Bonchev–Trinajstić information content (AvgIpc) is 2.55. The number of ether oxygens (including phenoxy) is 1. The third-order valence-corrected chi connectivity index (χ3v) is 3.53. The Hall–Kier alpha value is -2.95. The molecule has 1 atom stereocenters. The van der Waals surface area contributed by atoms with Crippen LogP contribution in [-0.4, -0.2) is 12.9 Å². The molecule has 0 aromatic heterocycles. The van der Waals surface area contributed by atoms with E-state index in [2.05, 4.69) is 4.99 Å². The zero-order valence-electron chi connectivity index (χ0n) is 12.3. The van der Waals surface area contributed by atoms with Crippen molar-refractivity contribution in [2.24, 2.45) is 16.5 Å². The van der Waals surface area contributed by atoms with Crippen LogP contribution in [0.3, 0.4) is 0 Å². The minimum absolute atomic E-state index is 0.317. The standard InChI is InChI=1S/C17H18N4O/c1-22-14-10-6-5-9-13(14)21-16(19)11-15(18)20-17(21)12-7-3-2-4-8-12/h2-11,17H,19H2,1H3,(H2,18,20)/t17-/m0/s1. The summed E-state index contributed by atoms with van der Waals surface area (Å²) in [5.74, 6) is 1.68. The van der Waals surface area contributed by atoms with Gasteiger partial charge in [-0.05, 0) is 17.7 Å². The molecule has 0 radical (unpaired) electrons. The van der Waals surface area contributed by atoms with Gasteiger partial charge in [-0.1, -0.05) is 42.5 Å². The van der Waals surface area contributed by atoms with Crippen LogP contribution in [0.15, 0.2) is 71.5 Å². The summed E-state index contributed by atoms with van der Waals surface area (Å²) in [5.41, 5.74) is 14.0. The highest BCUT2D eigenvalue weighted by molar-refractivity contribution is 5.94. The van der Waals surface area contributed by atoms with E-state index in [-0.39, 0.29) is 6.17 Å². The molecule has 0 amide bonds. The summed E-state index contributed by atoms with van der Waals surface area (Å²) in [7, 11) is 1.64. The molecule has 0 saturated carbocycles. The molecule has 112 valence electrons. The van der Waals surface area contributed by atoms with E-state index >= 15 is 0 Å². The molecular weight excluding hydrogens is 276 g/mol. The smallest absolute Gasteiger partial charge is 0.155 e. The molecule has 3 rings (SSSR count). The minimum Gasteiger partial charge on any atom is -0.495 e. The number of rotatable bonds is 3. The Morgan fingerprint density at radius 2 is 1.68 bits per heavy atom. The number of hydrogen-bond acceptors (Lipinski definition) is 5. The van der Waals surface area contributed by atoms with Crippen LogP contribution in [-0.2, 0) is 0 Å². The van der Waals surface area contributed by atoms with Gasteiger partial charge in [0.1, 0.15) is 17.4 Å². The van der Waals surface area contributed by atoms with Gasteiger partial charge in [0.25, 0.3) is 0 Å². The normalized spacial score (nSPS) is 17.7. The maximum Gasteiger partial charge on any atom is 0.155 e. The summed E-state index contributed by atoms with van der Waals surface area (Å²) < 4.78 is 5.45. The molecule has 5 heteroatoms. The van der Waals surface area contributed by atoms with Crippen molar-refractivity contribution < 1.29 is 4.74 Å². The summed E-state index contributed by atoms with van der Waals surface area (Å²) in [6.45, 7) is 0. The summed E-state index contributed by atoms with van der Waals surface area (Å²) >= 11 is 0. The largest absolute Gasteiger partial charge is 0.495 e. The Morgan fingerprint density at radius 3 is 2.41 bits per heavy atom. The van der Waals surface area contributed by atoms with E-state index in [1.54, 1.807) is 13.2 Å². The predicted molar refractivity (Wildman–Crippen MR) is 88.5 cm³/mol. The van der Waals surface area contributed by atoms with Gasteiger partial charge in [0.05, 0.1) is 12.8 Å². The molecule has 0 bridgehead atoms. The highest BCUT2D eigenvalue weighted by atomic mass is 16.5. The second-order valence-corrected chi connectivity index (χ2v) is 4.95. The Kier molecular flexibility index (Phi) is 3.70. The molecular formula is C17H18N4O.